The van der Waals surface area contributed by atoms with Crippen LogP contribution in [0.3, 0.4) is 0 Å². The first-order chi connectivity index (χ1) is 8.71. The molecule has 0 aliphatic heterocycles. The third kappa shape index (κ3) is 4.16. The maximum Gasteiger partial charge on any atom is 0.265 e. The monoisotopic (exact) mass is 245 g/mol. The van der Waals surface area contributed by atoms with Gasteiger partial charge in [-0.3, -0.25) is 15.1 Å². The highest BCUT2D eigenvalue weighted by Gasteiger charge is 2.06. The number of hydrogen-bond donors (Lipinski definition) is 2. The zero-order chi connectivity index (χ0) is 13.4. The van der Waals surface area contributed by atoms with E-state index in [1.165, 1.54) is 0 Å². The van der Waals surface area contributed by atoms with E-state index in [9.17, 15) is 4.79 Å². The van der Waals surface area contributed by atoms with E-state index in [0.29, 0.717) is 5.56 Å². The maximum absolute atomic E-state index is 11.4. The zero-order valence-corrected chi connectivity index (χ0v) is 10.4. The zero-order valence-electron chi connectivity index (χ0n) is 10.4. The van der Waals surface area contributed by atoms with Crippen molar-refractivity contribution in [1.82, 2.24) is 10.3 Å². The molecule has 3 N–H and O–H groups in total. The summed E-state index contributed by atoms with van der Waals surface area (Å²) >= 11 is 0. The molecule has 1 aromatic carbocycles. The van der Waals surface area contributed by atoms with E-state index in [1.807, 2.05) is 30.4 Å². The van der Waals surface area contributed by atoms with Gasteiger partial charge in [0.2, 0.25) is 0 Å². The Morgan fingerprint density at radius 3 is 2.56 bits per heavy atom. The number of amides is 1. The lowest BCUT2D eigenvalue weighted by Gasteiger charge is -2.18. The fourth-order valence-electron chi connectivity index (χ4n) is 1.72. The fraction of sp³-hybridized carbons (Fsp3) is 0.214. The third-order valence-corrected chi connectivity index (χ3v) is 2.50. The van der Waals surface area contributed by atoms with E-state index in [4.69, 9.17) is 5.84 Å². The van der Waals surface area contributed by atoms with E-state index in [0.717, 1.165) is 25.2 Å². The molecule has 0 saturated heterocycles. The summed E-state index contributed by atoms with van der Waals surface area (Å²) in [5.74, 6) is 4.83. The Bertz CT molecular complexity index is 419. The molecule has 0 bridgehead atoms. The van der Waals surface area contributed by atoms with Crippen molar-refractivity contribution in [2.45, 2.75) is 6.54 Å². The van der Waals surface area contributed by atoms with Gasteiger partial charge < -0.3 is 0 Å². The second-order valence-corrected chi connectivity index (χ2v) is 3.95. The van der Waals surface area contributed by atoms with Gasteiger partial charge in [-0.05, 0) is 17.7 Å². The van der Waals surface area contributed by atoms with Crippen molar-refractivity contribution in [2.75, 3.05) is 13.1 Å². The van der Waals surface area contributed by atoms with Crippen LogP contribution >= 0.6 is 0 Å². The van der Waals surface area contributed by atoms with Gasteiger partial charge in [0.05, 0.1) is 0 Å². The number of hydrazine groups is 1. The average Bonchev–Trinajstić information content (AvgIpc) is 2.39. The van der Waals surface area contributed by atoms with Crippen LogP contribution in [-0.2, 0) is 6.54 Å². The smallest absolute Gasteiger partial charge is 0.265 e. The topological polar surface area (TPSA) is 58.4 Å². The minimum atomic E-state index is -0.282. The minimum absolute atomic E-state index is 0.282. The van der Waals surface area contributed by atoms with E-state index in [2.05, 4.69) is 23.5 Å². The molecule has 0 aliphatic carbocycles. The van der Waals surface area contributed by atoms with Crippen LogP contribution in [0.2, 0.25) is 0 Å². The van der Waals surface area contributed by atoms with Gasteiger partial charge in [0.25, 0.3) is 5.91 Å². The second kappa shape index (κ2) is 7.42. The molecule has 0 spiro atoms. The molecule has 1 aromatic rings. The molecule has 96 valence electrons. The summed E-state index contributed by atoms with van der Waals surface area (Å²) in [5.41, 5.74) is 3.74. The number of carbonyl (C=O) groups excluding carboxylic acids is 1. The van der Waals surface area contributed by atoms with Crippen LogP contribution in [0, 0.1) is 0 Å². The number of nitrogens with one attached hydrogen (secondary N) is 1. The molecule has 0 atom stereocenters. The lowest BCUT2D eigenvalue weighted by atomic mass is 10.1. The molecule has 18 heavy (non-hydrogen) atoms. The van der Waals surface area contributed by atoms with Crippen LogP contribution in [0.25, 0.3) is 0 Å². The summed E-state index contributed by atoms with van der Waals surface area (Å²) in [4.78, 5) is 13.6. The number of hydrogen-bond acceptors (Lipinski definition) is 3. The highest BCUT2D eigenvalue weighted by Crippen LogP contribution is 2.08. The largest absolute Gasteiger partial charge is 0.292 e. The molecule has 0 unspecified atom stereocenters. The Balaban J connectivity index is 2.79. The summed E-state index contributed by atoms with van der Waals surface area (Å²) < 4.78 is 0. The molecule has 0 aromatic heterocycles. The number of rotatable bonds is 7. The Labute approximate surface area is 108 Å². The Morgan fingerprint density at radius 1 is 1.33 bits per heavy atom. The van der Waals surface area contributed by atoms with E-state index in [1.54, 1.807) is 6.07 Å². The van der Waals surface area contributed by atoms with Gasteiger partial charge in [-0.2, -0.15) is 0 Å². The lowest BCUT2D eigenvalue weighted by molar-refractivity contribution is 0.0953. The Morgan fingerprint density at radius 2 is 2.00 bits per heavy atom. The van der Waals surface area contributed by atoms with Crippen LogP contribution in [0.15, 0.2) is 49.6 Å². The predicted octanol–water partition coefficient (Wildman–Crippen LogP) is 1.46. The molecule has 1 amide bonds. The molecule has 0 radical (unpaired) electrons. The number of nitrogen functional groups attached to an aromatic ring is 1. The van der Waals surface area contributed by atoms with E-state index in [-0.39, 0.29) is 5.91 Å². The van der Waals surface area contributed by atoms with Gasteiger partial charge in [-0.25, -0.2) is 5.84 Å². The van der Waals surface area contributed by atoms with Crippen molar-refractivity contribution in [3.63, 3.8) is 0 Å². The SMILES string of the molecule is C=CCN(CC=C)Cc1cccc(C(=O)NN)c1. The van der Waals surface area contributed by atoms with Crippen molar-refractivity contribution >= 4 is 5.91 Å². The second-order valence-electron chi connectivity index (χ2n) is 3.95. The highest BCUT2D eigenvalue weighted by atomic mass is 16.2. The first-order valence-corrected chi connectivity index (χ1v) is 5.75. The Hall–Kier alpha value is -1.91. The number of carbonyl (C=O) groups is 1. The summed E-state index contributed by atoms with van der Waals surface area (Å²) in [6.45, 7) is 9.75. The Kier molecular flexibility index (Phi) is 5.84. The van der Waals surface area contributed by atoms with Gasteiger partial charge in [-0.1, -0.05) is 24.3 Å². The fourth-order valence-corrected chi connectivity index (χ4v) is 1.72. The molecule has 0 aliphatic rings. The number of benzene rings is 1. The van der Waals surface area contributed by atoms with Crippen LogP contribution in [-0.4, -0.2) is 23.9 Å². The quantitative estimate of drug-likeness (QED) is 0.331. The van der Waals surface area contributed by atoms with Gasteiger partial charge in [0.15, 0.2) is 0 Å². The summed E-state index contributed by atoms with van der Waals surface area (Å²) in [6.07, 6.45) is 3.69. The highest BCUT2D eigenvalue weighted by molar-refractivity contribution is 5.93. The van der Waals surface area contributed by atoms with Crippen molar-refractivity contribution in [2.24, 2.45) is 5.84 Å². The van der Waals surface area contributed by atoms with E-state index < -0.39 is 0 Å². The standard InChI is InChI=1S/C14H19N3O/c1-3-8-17(9-4-2)11-12-6-5-7-13(10-12)14(18)16-15/h3-7,10H,1-2,8-9,11,15H2,(H,16,18). The molecule has 0 fully saturated rings. The minimum Gasteiger partial charge on any atom is -0.292 e. The van der Waals surface area contributed by atoms with E-state index >= 15 is 0 Å². The van der Waals surface area contributed by atoms with Crippen molar-refractivity contribution in [3.8, 4) is 0 Å². The third-order valence-electron chi connectivity index (χ3n) is 2.50. The van der Waals surface area contributed by atoms with Crippen molar-refractivity contribution in [1.29, 1.82) is 0 Å². The van der Waals surface area contributed by atoms with Gasteiger partial charge in [0.1, 0.15) is 0 Å². The number of nitrogens with two attached hydrogens (primary N) is 1. The molecule has 4 heteroatoms. The van der Waals surface area contributed by atoms with Crippen LogP contribution < -0.4 is 11.3 Å². The predicted molar refractivity (Wildman–Crippen MR) is 73.8 cm³/mol. The molecule has 4 nitrogen and oxygen atoms in total. The van der Waals surface area contributed by atoms with Gasteiger partial charge in [-0.15, -0.1) is 13.2 Å². The number of nitrogens with zero attached hydrogens (tertiary/aromatic N) is 1. The average molecular weight is 245 g/mol. The van der Waals surface area contributed by atoms with Gasteiger partial charge in [0, 0.05) is 25.2 Å². The van der Waals surface area contributed by atoms with Crippen LogP contribution in [0.1, 0.15) is 15.9 Å². The van der Waals surface area contributed by atoms with Crippen LogP contribution in [0.5, 0.6) is 0 Å². The molecular weight excluding hydrogens is 226 g/mol. The van der Waals surface area contributed by atoms with Crippen LogP contribution in [0.4, 0.5) is 0 Å². The lowest BCUT2D eigenvalue weighted by Crippen LogP contribution is -2.30. The molecule has 0 heterocycles. The first-order valence-electron chi connectivity index (χ1n) is 5.75. The molecular formula is C14H19N3O. The van der Waals surface area contributed by atoms with Gasteiger partial charge >= 0.3 is 0 Å². The summed E-state index contributed by atoms with van der Waals surface area (Å²) in [7, 11) is 0. The maximum atomic E-state index is 11.4. The van der Waals surface area contributed by atoms with Crippen molar-refractivity contribution < 1.29 is 4.79 Å². The normalized spacial score (nSPS) is 10.1. The summed E-state index contributed by atoms with van der Waals surface area (Å²) in [5, 5.41) is 0. The van der Waals surface area contributed by atoms with Crippen molar-refractivity contribution in [3.05, 3.63) is 60.7 Å². The molecule has 0 saturated carbocycles. The summed E-state index contributed by atoms with van der Waals surface area (Å²) in [6, 6.07) is 7.39. The first kappa shape index (κ1) is 14.2. The molecule has 1 rings (SSSR count).